The van der Waals surface area contributed by atoms with Gasteiger partial charge in [-0.15, -0.1) is 0 Å². The van der Waals surface area contributed by atoms with Gasteiger partial charge in [-0.3, -0.25) is 4.21 Å². The fraction of sp³-hybridized carbons (Fsp3) is 0.600. The molecule has 0 bridgehead atoms. The van der Waals surface area contributed by atoms with Gasteiger partial charge in [-0.1, -0.05) is 19.9 Å². The maximum Gasteiger partial charge on any atom is 0.123 e. The van der Waals surface area contributed by atoms with E-state index in [1.807, 2.05) is 6.07 Å². The summed E-state index contributed by atoms with van der Waals surface area (Å²) in [5, 5.41) is 3.38. The van der Waals surface area contributed by atoms with Gasteiger partial charge in [0.05, 0.1) is 12.9 Å². The van der Waals surface area contributed by atoms with Gasteiger partial charge < -0.3 is 10.1 Å². The van der Waals surface area contributed by atoms with Gasteiger partial charge in [-0.05, 0) is 37.1 Å². The van der Waals surface area contributed by atoms with E-state index in [2.05, 4.69) is 31.3 Å². The van der Waals surface area contributed by atoms with E-state index in [0.29, 0.717) is 5.75 Å². The average Bonchev–Trinajstić information content (AvgIpc) is 2.39. The summed E-state index contributed by atoms with van der Waals surface area (Å²) in [4.78, 5) is 0. The number of hydrogen-bond donors (Lipinski definition) is 1. The van der Waals surface area contributed by atoms with Crippen molar-refractivity contribution in [3.63, 3.8) is 0 Å². The predicted molar refractivity (Wildman–Crippen MR) is 82.0 cm³/mol. The van der Waals surface area contributed by atoms with Crippen LogP contribution in [0.25, 0.3) is 0 Å². The molecule has 1 atom stereocenters. The minimum atomic E-state index is -0.799. The third-order valence-electron chi connectivity index (χ3n) is 2.85. The standard InChI is InChI=1S/C15H25NO2S/c1-4-8-16-11-13-6-7-15(18-3)14(10-13)12-19(17)9-5-2/h6-7,10,16H,4-5,8-9,11-12H2,1-3H3. The van der Waals surface area contributed by atoms with Crippen molar-refractivity contribution in [3.05, 3.63) is 29.3 Å². The zero-order valence-corrected chi connectivity index (χ0v) is 13.0. The molecule has 108 valence electrons. The second kappa shape index (κ2) is 9.10. The lowest BCUT2D eigenvalue weighted by atomic mass is 10.1. The SMILES string of the molecule is CCCNCc1ccc(OC)c(CS(=O)CCC)c1. The average molecular weight is 283 g/mol. The van der Waals surface area contributed by atoms with Gasteiger partial charge >= 0.3 is 0 Å². The molecule has 0 aliphatic rings. The maximum atomic E-state index is 11.9. The van der Waals surface area contributed by atoms with E-state index in [4.69, 9.17) is 4.74 Å². The molecule has 3 nitrogen and oxygen atoms in total. The molecule has 0 amide bonds. The lowest BCUT2D eigenvalue weighted by Crippen LogP contribution is -2.14. The van der Waals surface area contributed by atoms with Crippen molar-refractivity contribution in [2.24, 2.45) is 0 Å². The van der Waals surface area contributed by atoms with E-state index in [-0.39, 0.29) is 0 Å². The second-order valence-electron chi connectivity index (χ2n) is 4.61. The van der Waals surface area contributed by atoms with Crippen LogP contribution in [-0.4, -0.2) is 23.6 Å². The topological polar surface area (TPSA) is 38.3 Å². The Morgan fingerprint density at radius 1 is 1.26 bits per heavy atom. The number of rotatable bonds is 9. The third-order valence-corrected chi connectivity index (χ3v) is 4.35. The van der Waals surface area contributed by atoms with Gasteiger partial charge in [-0.25, -0.2) is 0 Å². The van der Waals surface area contributed by atoms with Gasteiger partial charge in [0.1, 0.15) is 5.75 Å². The highest BCUT2D eigenvalue weighted by molar-refractivity contribution is 7.84. The van der Waals surface area contributed by atoms with Crippen LogP contribution in [0.15, 0.2) is 18.2 Å². The van der Waals surface area contributed by atoms with Crippen molar-refractivity contribution >= 4 is 10.8 Å². The molecule has 0 aliphatic heterocycles. The highest BCUT2D eigenvalue weighted by Gasteiger charge is 2.08. The highest BCUT2D eigenvalue weighted by atomic mass is 32.2. The van der Waals surface area contributed by atoms with Crippen molar-refractivity contribution in [1.29, 1.82) is 0 Å². The molecule has 19 heavy (non-hydrogen) atoms. The van der Waals surface area contributed by atoms with E-state index < -0.39 is 10.8 Å². The molecule has 1 unspecified atom stereocenters. The Morgan fingerprint density at radius 3 is 2.68 bits per heavy atom. The second-order valence-corrected chi connectivity index (χ2v) is 6.19. The Hall–Kier alpha value is -0.870. The Bertz CT molecular complexity index is 407. The van der Waals surface area contributed by atoms with E-state index in [9.17, 15) is 4.21 Å². The first-order chi connectivity index (χ1) is 9.21. The molecular weight excluding hydrogens is 258 g/mol. The summed E-state index contributed by atoms with van der Waals surface area (Å²) in [7, 11) is 0.864. The van der Waals surface area contributed by atoms with Crippen molar-refractivity contribution in [2.45, 2.75) is 39.0 Å². The zero-order chi connectivity index (χ0) is 14.1. The fourth-order valence-electron chi connectivity index (χ4n) is 1.94. The smallest absolute Gasteiger partial charge is 0.123 e. The first kappa shape index (κ1) is 16.2. The van der Waals surface area contributed by atoms with Gasteiger partial charge in [0.25, 0.3) is 0 Å². The van der Waals surface area contributed by atoms with Gasteiger partial charge in [0.15, 0.2) is 0 Å². The maximum absolute atomic E-state index is 11.9. The van der Waals surface area contributed by atoms with Crippen LogP contribution < -0.4 is 10.1 Å². The number of hydrogen-bond acceptors (Lipinski definition) is 3. The third kappa shape index (κ3) is 5.74. The van der Waals surface area contributed by atoms with E-state index in [0.717, 1.165) is 43.0 Å². The van der Waals surface area contributed by atoms with E-state index >= 15 is 0 Å². The van der Waals surface area contributed by atoms with Gasteiger partial charge in [0, 0.05) is 28.7 Å². The Kier molecular flexibility index (Phi) is 7.75. The highest BCUT2D eigenvalue weighted by Crippen LogP contribution is 2.21. The number of ether oxygens (including phenoxy) is 1. The van der Waals surface area contributed by atoms with Crippen LogP contribution in [0.3, 0.4) is 0 Å². The Labute approximate surface area is 119 Å². The molecule has 0 aliphatic carbocycles. The van der Waals surface area contributed by atoms with Crippen LogP contribution in [0.5, 0.6) is 5.75 Å². The summed E-state index contributed by atoms with van der Waals surface area (Å²) >= 11 is 0. The van der Waals surface area contributed by atoms with Crippen LogP contribution in [0.2, 0.25) is 0 Å². The molecule has 1 N–H and O–H groups in total. The van der Waals surface area contributed by atoms with Crippen LogP contribution in [0.1, 0.15) is 37.8 Å². The van der Waals surface area contributed by atoms with Gasteiger partial charge in [-0.2, -0.15) is 0 Å². The summed E-state index contributed by atoms with van der Waals surface area (Å²) in [5.41, 5.74) is 2.27. The molecule has 1 rings (SSSR count). The first-order valence-electron chi connectivity index (χ1n) is 6.92. The van der Waals surface area contributed by atoms with E-state index in [1.165, 1.54) is 5.56 Å². The molecule has 0 saturated carbocycles. The van der Waals surface area contributed by atoms with Gasteiger partial charge in [0.2, 0.25) is 0 Å². The summed E-state index contributed by atoms with van der Waals surface area (Å²) in [6.45, 7) is 6.08. The van der Waals surface area contributed by atoms with Crippen molar-refractivity contribution in [1.82, 2.24) is 5.32 Å². The number of benzene rings is 1. The number of nitrogens with one attached hydrogen (secondary N) is 1. The first-order valence-corrected chi connectivity index (χ1v) is 8.41. The van der Waals surface area contributed by atoms with Crippen LogP contribution in [-0.2, 0) is 23.1 Å². The van der Waals surface area contributed by atoms with Crippen molar-refractivity contribution in [2.75, 3.05) is 19.4 Å². The largest absolute Gasteiger partial charge is 0.496 e. The normalized spacial score (nSPS) is 12.4. The zero-order valence-electron chi connectivity index (χ0n) is 12.2. The van der Waals surface area contributed by atoms with Crippen molar-refractivity contribution in [3.8, 4) is 5.75 Å². The lowest BCUT2D eigenvalue weighted by Gasteiger charge is -2.11. The molecule has 1 aromatic carbocycles. The van der Waals surface area contributed by atoms with E-state index in [1.54, 1.807) is 7.11 Å². The summed E-state index contributed by atoms with van der Waals surface area (Å²) in [6, 6.07) is 6.14. The summed E-state index contributed by atoms with van der Waals surface area (Å²) < 4.78 is 17.2. The molecule has 4 heteroatoms. The van der Waals surface area contributed by atoms with Crippen LogP contribution in [0.4, 0.5) is 0 Å². The molecule has 0 aromatic heterocycles. The Morgan fingerprint density at radius 2 is 2.05 bits per heavy atom. The minimum Gasteiger partial charge on any atom is -0.496 e. The molecule has 0 radical (unpaired) electrons. The monoisotopic (exact) mass is 283 g/mol. The molecule has 0 saturated heterocycles. The summed E-state index contributed by atoms with van der Waals surface area (Å²) in [6.07, 6.45) is 2.08. The fourth-order valence-corrected chi connectivity index (χ4v) is 3.11. The lowest BCUT2D eigenvalue weighted by molar-refractivity contribution is 0.411. The molecule has 0 heterocycles. The van der Waals surface area contributed by atoms with Crippen molar-refractivity contribution < 1.29 is 8.95 Å². The van der Waals surface area contributed by atoms with Crippen LogP contribution >= 0.6 is 0 Å². The number of methoxy groups -OCH3 is 1. The molecule has 0 spiro atoms. The minimum absolute atomic E-state index is 0.582. The molecule has 1 aromatic rings. The quantitative estimate of drug-likeness (QED) is 0.708. The predicted octanol–water partition coefficient (Wildman–Crippen LogP) is 2.85. The summed E-state index contributed by atoms with van der Waals surface area (Å²) in [5.74, 6) is 2.17. The molecular formula is C15H25NO2S. The molecule has 0 fully saturated rings. The Balaban J connectivity index is 2.74. The van der Waals surface area contributed by atoms with Crippen LogP contribution in [0, 0.1) is 0 Å².